The Labute approximate surface area is 144 Å². The van der Waals surface area contributed by atoms with E-state index in [1.165, 1.54) is 0 Å². The molecule has 0 bridgehead atoms. The quantitative estimate of drug-likeness (QED) is 0.639. The van der Waals surface area contributed by atoms with E-state index in [4.69, 9.17) is 0 Å². The number of halogens is 1. The molecule has 3 aromatic heterocycles. The average molecular weight is 390 g/mol. The molecule has 0 atom stereocenters. The van der Waals surface area contributed by atoms with Crippen molar-refractivity contribution in [1.82, 2.24) is 24.5 Å². The first-order valence-electron chi connectivity index (χ1n) is 7.14. The SMILES string of the molecule is Cc1nnsc1C(=O)N1CCc2nc3ncc(Br)cc3cc2C1. The number of aromatic nitrogens is 4. The third kappa shape index (κ3) is 2.61. The summed E-state index contributed by atoms with van der Waals surface area (Å²) < 4.78 is 4.77. The molecular weight excluding hydrogens is 378 g/mol. The zero-order valence-corrected chi connectivity index (χ0v) is 14.7. The Morgan fingerprint density at radius 2 is 2.26 bits per heavy atom. The fourth-order valence-corrected chi connectivity index (χ4v) is 3.72. The Hall–Kier alpha value is -1.93. The third-order valence-corrected chi connectivity index (χ3v) is 5.17. The molecule has 0 saturated carbocycles. The highest BCUT2D eigenvalue weighted by molar-refractivity contribution is 9.10. The van der Waals surface area contributed by atoms with Gasteiger partial charge in [0.15, 0.2) is 5.65 Å². The molecule has 4 rings (SSSR count). The largest absolute Gasteiger partial charge is 0.333 e. The van der Waals surface area contributed by atoms with E-state index in [2.05, 4.69) is 41.6 Å². The Morgan fingerprint density at radius 3 is 3.04 bits per heavy atom. The molecular formula is C15H12BrN5OS. The Balaban J connectivity index is 1.68. The maximum atomic E-state index is 12.6. The summed E-state index contributed by atoms with van der Waals surface area (Å²) in [5.41, 5.74) is 3.53. The standard InChI is InChI=1S/C15H12BrN5OS/c1-8-13(23-20-19-8)15(22)21-3-2-12-10(7-21)4-9-5-11(16)6-17-14(9)18-12/h4-6H,2-3,7H2,1H3. The molecule has 0 unspecified atom stereocenters. The molecule has 23 heavy (non-hydrogen) atoms. The van der Waals surface area contributed by atoms with Crippen LogP contribution in [0.4, 0.5) is 0 Å². The second-order valence-corrected chi connectivity index (χ2v) is 7.13. The fraction of sp³-hybridized carbons (Fsp3) is 0.267. The number of amides is 1. The highest BCUT2D eigenvalue weighted by Crippen LogP contribution is 2.25. The van der Waals surface area contributed by atoms with Gasteiger partial charge >= 0.3 is 0 Å². The van der Waals surface area contributed by atoms with Crippen LogP contribution in [0.3, 0.4) is 0 Å². The van der Waals surface area contributed by atoms with Crippen molar-refractivity contribution in [2.24, 2.45) is 0 Å². The van der Waals surface area contributed by atoms with Gasteiger partial charge in [-0.2, -0.15) is 0 Å². The minimum Gasteiger partial charge on any atom is -0.333 e. The summed E-state index contributed by atoms with van der Waals surface area (Å²) in [5, 5.41) is 4.90. The van der Waals surface area contributed by atoms with E-state index in [-0.39, 0.29) is 5.91 Å². The minimum atomic E-state index is -0.00406. The van der Waals surface area contributed by atoms with Crippen LogP contribution in [0.1, 0.15) is 26.6 Å². The van der Waals surface area contributed by atoms with Crippen LogP contribution in [-0.4, -0.2) is 36.9 Å². The molecule has 4 heterocycles. The van der Waals surface area contributed by atoms with Gasteiger partial charge in [-0.05, 0) is 52.1 Å². The van der Waals surface area contributed by atoms with Crippen LogP contribution < -0.4 is 0 Å². The summed E-state index contributed by atoms with van der Waals surface area (Å²) in [5.74, 6) is -0.00406. The first-order chi connectivity index (χ1) is 11.1. The van der Waals surface area contributed by atoms with Crippen LogP contribution >= 0.6 is 27.5 Å². The van der Waals surface area contributed by atoms with Crippen molar-refractivity contribution in [3.8, 4) is 0 Å². The smallest absolute Gasteiger partial charge is 0.267 e. The van der Waals surface area contributed by atoms with Crippen molar-refractivity contribution in [2.75, 3.05) is 6.54 Å². The minimum absolute atomic E-state index is 0.00406. The van der Waals surface area contributed by atoms with Crippen molar-refractivity contribution in [3.63, 3.8) is 0 Å². The number of pyridine rings is 2. The van der Waals surface area contributed by atoms with Crippen molar-refractivity contribution in [3.05, 3.63) is 44.6 Å². The average Bonchev–Trinajstić information content (AvgIpc) is 2.97. The number of nitrogens with zero attached hydrogens (tertiary/aromatic N) is 5. The van der Waals surface area contributed by atoms with Gasteiger partial charge < -0.3 is 4.90 Å². The zero-order valence-electron chi connectivity index (χ0n) is 12.3. The number of carbonyl (C=O) groups excluding carboxylic acids is 1. The predicted octanol–water partition coefficient (Wildman–Crippen LogP) is 2.75. The van der Waals surface area contributed by atoms with Crippen molar-refractivity contribution in [1.29, 1.82) is 0 Å². The van der Waals surface area contributed by atoms with Crippen molar-refractivity contribution < 1.29 is 4.79 Å². The molecule has 0 fully saturated rings. The van der Waals surface area contributed by atoms with Crippen molar-refractivity contribution in [2.45, 2.75) is 19.9 Å². The van der Waals surface area contributed by atoms with Crippen LogP contribution in [0, 0.1) is 6.92 Å². The van der Waals surface area contributed by atoms with Crippen LogP contribution in [0.25, 0.3) is 11.0 Å². The molecule has 8 heteroatoms. The van der Waals surface area contributed by atoms with Crippen molar-refractivity contribution >= 4 is 44.4 Å². The molecule has 1 amide bonds. The van der Waals surface area contributed by atoms with Gasteiger partial charge in [-0.15, -0.1) is 5.10 Å². The predicted molar refractivity (Wildman–Crippen MR) is 90.3 cm³/mol. The number of carbonyl (C=O) groups is 1. The van der Waals surface area contributed by atoms with Crippen LogP contribution in [0.2, 0.25) is 0 Å². The van der Waals surface area contributed by atoms with Crippen LogP contribution in [0.5, 0.6) is 0 Å². The van der Waals surface area contributed by atoms with E-state index < -0.39 is 0 Å². The Bertz CT molecular complexity index is 925. The molecule has 0 saturated heterocycles. The molecule has 0 radical (unpaired) electrons. The second-order valence-electron chi connectivity index (χ2n) is 5.46. The van der Waals surface area contributed by atoms with E-state index in [0.29, 0.717) is 23.7 Å². The Morgan fingerprint density at radius 1 is 1.39 bits per heavy atom. The summed E-state index contributed by atoms with van der Waals surface area (Å²) in [6.45, 7) is 3.02. The van der Waals surface area contributed by atoms with E-state index in [1.54, 1.807) is 6.20 Å². The maximum Gasteiger partial charge on any atom is 0.267 e. The Kier molecular flexibility index (Phi) is 3.57. The molecule has 0 aromatic carbocycles. The van der Waals surface area contributed by atoms with Gasteiger partial charge in [-0.3, -0.25) is 4.79 Å². The molecule has 6 nitrogen and oxygen atoms in total. The lowest BCUT2D eigenvalue weighted by atomic mass is 10.0. The second kappa shape index (κ2) is 5.61. The normalized spacial score (nSPS) is 14.1. The van der Waals surface area contributed by atoms with E-state index in [1.807, 2.05) is 17.9 Å². The highest BCUT2D eigenvalue weighted by atomic mass is 79.9. The summed E-state index contributed by atoms with van der Waals surface area (Å²) in [4.78, 5) is 24.1. The molecule has 1 aliphatic heterocycles. The van der Waals surface area contributed by atoms with E-state index in [0.717, 1.165) is 44.7 Å². The topological polar surface area (TPSA) is 71.9 Å². The van der Waals surface area contributed by atoms with Gasteiger partial charge in [0, 0.05) is 41.3 Å². The monoisotopic (exact) mass is 389 g/mol. The number of aryl methyl sites for hydroxylation is 1. The summed E-state index contributed by atoms with van der Waals surface area (Å²) in [7, 11) is 0. The summed E-state index contributed by atoms with van der Waals surface area (Å²) in [6.07, 6.45) is 2.49. The van der Waals surface area contributed by atoms with E-state index >= 15 is 0 Å². The molecule has 0 spiro atoms. The molecule has 0 N–H and O–H groups in total. The van der Waals surface area contributed by atoms with Gasteiger partial charge in [0.2, 0.25) is 0 Å². The summed E-state index contributed by atoms with van der Waals surface area (Å²) in [6, 6.07) is 4.07. The first-order valence-corrected chi connectivity index (χ1v) is 8.71. The van der Waals surface area contributed by atoms with Gasteiger partial charge in [-0.1, -0.05) is 4.49 Å². The van der Waals surface area contributed by atoms with Gasteiger partial charge in [0.05, 0.1) is 5.69 Å². The molecule has 116 valence electrons. The number of rotatable bonds is 1. The maximum absolute atomic E-state index is 12.6. The lowest BCUT2D eigenvalue weighted by Gasteiger charge is -2.28. The number of fused-ring (bicyclic) bond motifs is 2. The summed E-state index contributed by atoms with van der Waals surface area (Å²) >= 11 is 4.58. The molecule has 3 aromatic rings. The van der Waals surface area contributed by atoms with Gasteiger partial charge in [0.1, 0.15) is 4.88 Å². The first kappa shape index (κ1) is 14.6. The number of hydrogen-bond donors (Lipinski definition) is 0. The van der Waals surface area contributed by atoms with Gasteiger partial charge in [-0.25, -0.2) is 9.97 Å². The highest BCUT2D eigenvalue weighted by Gasteiger charge is 2.25. The fourth-order valence-electron chi connectivity index (χ4n) is 2.74. The zero-order chi connectivity index (χ0) is 16.0. The van der Waals surface area contributed by atoms with Gasteiger partial charge in [0.25, 0.3) is 5.91 Å². The van der Waals surface area contributed by atoms with Crippen LogP contribution in [0.15, 0.2) is 22.8 Å². The van der Waals surface area contributed by atoms with E-state index in [9.17, 15) is 4.79 Å². The third-order valence-electron chi connectivity index (χ3n) is 3.92. The lowest BCUT2D eigenvalue weighted by molar-refractivity contribution is 0.0737. The molecule has 0 aliphatic carbocycles. The lowest BCUT2D eigenvalue weighted by Crippen LogP contribution is -2.36. The number of hydrogen-bond acceptors (Lipinski definition) is 6. The molecule has 1 aliphatic rings. The van der Waals surface area contributed by atoms with Crippen LogP contribution in [-0.2, 0) is 13.0 Å².